The molecule has 1 aromatic carbocycles. The molecule has 4 heteroatoms. The number of amides is 1. The normalized spacial score (nSPS) is 11.6. The van der Waals surface area contributed by atoms with Gasteiger partial charge in [0.25, 0.3) is 0 Å². The standard InChI is InChI=1S/C15H21NO2S/c1-15(2,3)18-14(17)16-11-5-4-6-12-7-9-13(19)10-8-12/h4,6-10,19H,5,11H2,1-3H3,(H,16,17). The molecule has 1 aromatic rings. The molecule has 0 atom stereocenters. The third-order valence-electron chi connectivity index (χ3n) is 2.18. The van der Waals surface area contributed by atoms with Crippen LogP contribution >= 0.6 is 12.6 Å². The van der Waals surface area contributed by atoms with Gasteiger partial charge in [0.15, 0.2) is 0 Å². The molecule has 0 unspecified atom stereocenters. The van der Waals surface area contributed by atoms with Gasteiger partial charge in [-0.1, -0.05) is 24.3 Å². The first-order chi connectivity index (χ1) is 8.87. The molecule has 3 nitrogen and oxygen atoms in total. The van der Waals surface area contributed by atoms with Gasteiger partial charge in [0, 0.05) is 11.4 Å². The van der Waals surface area contributed by atoms with Gasteiger partial charge in [-0.3, -0.25) is 0 Å². The maximum atomic E-state index is 11.4. The molecule has 1 amide bonds. The van der Waals surface area contributed by atoms with Crippen molar-refractivity contribution in [2.24, 2.45) is 0 Å². The van der Waals surface area contributed by atoms with Gasteiger partial charge in [0.1, 0.15) is 5.60 Å². The van der Waals surface area contributed by atoms with Crippen LogP contribution in [0, 0.1) is 0 Å². The second-order valence-corrected chi connectivity index (χ2v) is 5.73. The second-order valence-electron chi connectivity index (χ2n) is 5.21. The second kappa shape index (κ2) is 7.24. The first-order valence-corrected chi connectivity index (χ1v) is 6.74. The Bertz CT molecular complexity index is 432. The molecule has 0 heterocycles. The van der Waals surface area contributed by atoms with Gasteiger partial charge < -0.3 is 10.1 Å². The van der Waals surface area contributed by atoms with Crippen LogP contribution in [0.2, 0.25) is 0 Å². The molecule has 0 radical (unpaired) electrons. The fourth-order valence-electron chi connectivity index (χ4n) is 1.38. The zero-order valence-corrected chi connectivity index (χ0v) is 12.5. The maximum absolute atomic E-state index is 11.4. The van der Waals surface area contributed by atoms with Gasteiger partial charge in [0.05, 0.1) is 0 Å². The SMILES string of the molecule is CC(C)(C)OC(=O)NCCC=Cc1ccc(S)cc1. The molecule has 19 heavy (non-hydrogen) atoms. The predicted octanol–water partition coefficient (Wildman–Crippen LogP) is 3.90. The van der Waals surface area contributed by atoms with E-state index in [1.165, 1.54) is 0 Å². The van der Waals surface area contributed by atoms with Crippen molar-refractivity contribution in [1.82, 2.24) is 5.32 Å². The van der Waals surface area contributed by atoms with E-state index in [4.69, 9.17) is 4.74 Å². The van der Waals surface area contributed by atoms with Gasteiger partial charge in [-0.15, -0.1) is 12.6 Å². The minimum Gasteiger partial charge on any atom is -0.444 e. The molecule has 0 aliphatic carbocycles. The van der Waals surface area contributed by atoms with Gasteiger partial charge in [-0.05, 0) is 44.9 Å². The van der Waals surface area contributed by atoms with Gasteiger partial charge in [-0.25, -0.2) is 4.79 Å². The van der Waals surface area contributed by atoms with E-state index in [1.807, 2.05) is 57.2 Å². The average molecular weight is 279 g/mol. The predicted molar refractivity (Wildman–Crippen MR) is 81.6 cm³/mol. The Hall–Kier alpha value is -1.42. The number of carbonyl (C=O) groups is 1. The average Bonchev–Trinajstić information content (AvgIpc) is 2.29. The van der Waals surface area contributed by atoms with Crippen molar-refractivity contribution in [3.8, 4) is 0 Å². The van der Waals surface area contributed by atoms with E-state index in [0.29, 0.717) is 6.54 Å². The molecule has 0 bridgehead atoms. The molecule has 0 saturated carbocycles. The molecule has 0 fully saturated rings. The molecular formula is C15H21NO2S. The maximum Gasteiger partial charge on any atom is 0.407 e. The summed E-state index contributed by atoms with van der Waals surface area (Å²) >= 11 is 4.23. The lowest BCUT2D eigenvalue weighted by Gasteiger charge is -2.19. The van der Waals surface area contributed by atoms with Gasteiger partial charge in [-0.2, -0.15) is 0 Å². The summed E-state index contributed by atoms with van der Waals surface area (Å²) in [4.78, 5) is 12.3. The van der Waals surface area contributed by atoms with Crippen molar-refractivity contribution in [1.29, 1.82) is 0 Å². The monoisotopic (exact) mass is 279 g/mol. The quantitative estimate of drug-likeness (QED) is 0.648. The number of alkyl carbamates (subject to hydrolysis) is 1. The van der Waals surface area contributed by atoms with Crippen LogP contribution in [0.1, 0.15) is 32.8 Å². The topological polar surface area (TPSA) is 38.3 Å². The third-order valence-corrected chi connectivity index (χ3v) is 2.48. The lowest BCUT2D eigenvalue weighted by Crippen LogP contribution is -2.32. The number of hydrogen-bond donors (Lipinski definition) is 2. The molecule has 1 rings (SSSR count). The summed E-state index contributed by atoms with van der Waals surface area (Å²) in [5.41, 5.74) is 0.671. The Kier molecular flexibility index (Phi) is 5.96. The lowest BCUT2D eigenvalue weighted by atomic mass is 10.2. The van der Waals surface area contributed by atoms with E-state index >= 15 is 0 Å². The minimum absolute atomic E-state index is 0.375. The molecular weight excluding hydrogens is 258 g/mol. The van der Waals surface area contributed by atoms with E-state index in [9.17, 15) is 4.79 Å². The van der Waals surface area contributed by atoms with E-state index in [1.54, 1.807) is 0 Å². The molecule has 0 aliphatic heterocycles. The van der Waals surface area contributed by atoms with E-state index in [2.05, 4.69) is 17.9 Å². The summed E-state index contributed by atoms with van der Waals surface area (Å²) in [5.74, 6) is 0. The van der Waals surface area contributed by atoms with Crippen LogP contribution in [-0.2, 0) is 4.74 Å². The van der Waals surface area contributed by atoms with Crippen LogP contribution < -0.4 is 5.32 Å². The highest BCUT2D eigenvalue weighted by Crippen LogP contribution is 2.09. The van der Waals surface area contributed by atoms with Crippen LogP contribution in [0.15, 0.2) is 35.2 Å². The molecule has 0 spiro atoms. The number of benzene rings is 1. The minimum atomic E-state index is -0.450. The zero-order valence-electron chi connectivity index (χ0n) is 11.6. The highest BCUT2D eigenvalue weighted by molar-refractivity contribution is 7.80. The van der Waals surface area contributed by atoms with Crippen LogP contribution in [0.3, 0.4) is 0 Å². The Labute approximate surface area is 120 Å². The summed E-state index contributed by atoms with van der Waals surface area (Å²) in [5, 5.41) is 2.71. The van der Waals surface area contributed by atoms with Crippen LogP contribution in [0.4, 0.5) is 4.79 Å². The van der Waals surface area contributed by atoms with E-state index in [0.717, 1.165) is 16.9 Å². The Morgan fingerprint density at radius 1 is 1.32 bits per heavy atom. The Balaban J connectivity index is 2.24. The number of rotatable bonds is 4. The van der Waals surface area contributed by atoms with Crippen molar-refractivity contribution in [3.05, 3.63) is 35.9 Å². The summed E-state index contributed by atoms with van der Waals surface area (Å²) < 4.78 is 5.13. The van der Waals surface area contributed by atoms with Crippen LogP contribution in [0.25, 0.3) is 6.08 Å². The van der Waals surface area contributed by atoms with Crippen molar-refractivity contribution in [2.45, 2.75) is 37.7 Å². The number of thiol groups is 1. The highest BCUT2D eigenvalue weighted by atomic mass is 32.1. The van der Waals surface area contributed by atoms with Crippen LogP contribution in [-0.4, -0.2) is 18.2 Å². The van der Waals surface area contributed by atoms with Gasteiger partial charge in [0.2, 0.25) is 0 Å². The fourth-order valence-corrected chi connectivity index (χ4v) is 1.53. The summed E-state index contributed by atoms with van der Waals surface area (Å²) in [7, 11) is 0. The first kappa shape index (κ1) is 15.6. The number of carbonyl (C=O) groups excluding carboxylic acids is 1. The summed E-state index contributed by atoms with van der Waals surface area (Å²) in [6, 6.07) is 7.89. The van der Waals surface area contributed by atoms with Crippen molar-refractivity contribution >= 4 is 24.8 Å². The van der Waals surface area contributed by atoms with Crippen molar-refractivity contribution in [3.63, 3.8) is 0 Å². The Morgan fingerprint density at radius 3 is 2.53 bits per heavy atom. The molecule has 0 aromatic heterocycles. The number of hydrogen-bond acceptors (Lipinski definition) is 3. The molecule has 104 valence electrons. The van der Waals surface area contributed by atoms with Gasteiger partial charge >= 0.3 is 6.09 Å². The fraction of sp³-hybridized carbons (Fsp3) is 0.400. The van der Waals surface area contributed by atoms with Crippen LogP contribution in [0.5, 0.6) is 0 Å². The number of nitrogens with one attached hydrogen (secondary N) is 1. The van der Waals surface area contributed by atoms with E-state index in [-0.39, 0.29) is 6.09 Å². The summed E-state index contributed by atoms with van der Waals surface area (Å²) in [6.07, 6.45) is 4.43. The number of ether oxygens (including phenoxy) is 1. The molecule has 0 saturated heterocycles. The zero-order chi connectivity index (χ0) is 14.3. The molecule has 0 aliphatic rings. The smallest absolute Gasteiger partial charge is 0.407 e. The molecule has 1 N–H and O–H groups in total. The lowest BCUT2D eigenvalue weighted by molar-refractivity contribution is 0.0529. The summed E-state index contributed by atoms with van der Waals surface area (Å²) in [6.45, 7) is 6.10. The van der Waals surface area contributed by atoms with E-state index < -0.39 is 5.60 Å². The largest absolute Gasteiger partial charge is 0.444 e. The van der Waals surface area contributed by atoms with Crippen molar-refractivity contribution < 1.29 is 9.53 Å². The first-order valence-electron chi connectivity index (χ1n) is 6.29. The highest BCUT2D eigenvalue weighted by Gasteiger charge is 2.14. The Morgan fingerprint density at radius 2 is 1.95 bits per heavy atom. The van der Waals surface area contributed by atoms with Crippen molar-refractivity contribution in [2.75, 3.05) is 6.54 Å². The third kappa shape index (κ3) is 7.57.